The number of carbonyl (C=O) groups is 1. The van der Waals surface area contributed by atoms with E-state index < -0.39 is 17.6 Å². The highest BCUT2D eigenvalue weighted by Gasteiger charge is 2.36. The van der Waals surface area contributed by atoms with E-state index in [1.807, 2.05) is 58.9 Å². The van der Waals surface area contributed by atoms with E-state index in [-0.39, 0.29) is 0 Å². The fourth-order valence-corrected chi connectivity index (χ4v) is 2.83. The maximum Gasteiger partial charge on any atom is 0.338 e. The van der Waals surface area contributed by atoms with Crippen LogP contribution in [0.25, 0.3) is 0 Å². The topological polar surface area (TPSA) is 91.2 Å². The van der Waals surface area contributed by atoms with Gasteiger partial charge in [0, 0.05) is 5.70 Å². The van der Waals surface area contributed by atoms with Crippen molar-refractivity contribution in [3.8, 4) is 5.75 Å². The third-order valence-electron chi connectivity index (χ3n) is 3.84. The number of ether oxygens (including phenoxy) is 2. The minimum absolute atomic E-state index is 0.400. The SMILES string of the molecule is CCOc1ccc([C@H]2C(C(=O)OC(C)(C)C)=C(C)Nc3nnnn32)cc1. The monoisotopic (exact) mass is 357 g/mol. The number of anilines is 1. The molecule has 1 aliphatic heterocycles. The van der Waals surface area contributed by atoms with Crippen molar-refractivity contribution < 1.29 is 14.3 Å². The summed E-state index contributed by atoms with van der Waals surface area (Å²) in [7, 11) is 0. The average Bonchev–Trinajstić information content (AvgIpc) is 3.01. The molecule has 1 aromatic heterocycles. The molecule has 8 heteroatoms. The first-order valence-corrected chi connectivity index (χ1v) is 8.52. The lowest BCUT2D eigenvalue weighted by Gasteiger charge is -2.29. The molecule has 0 saturated carbocycles. The van der Waals surface area contributed by atoms with E-state index in [2.05, 4.69) is 20.8 Å². The smallest absolute Gasteiger partial charge is 0.338 e. The van der Waals surface area contributed by atoms with Crippen molar-refractivity contribution in [3.63, 3.8) is 0 Å². The van der Waals surface area contributed by atoms with Gasteiger partial charge in [0.15, 0.2) is 0 Å². The number of allylic oxidation sites excluding steroid dienone is 1. The van der Waals surface area contributed by atoms with Gasteiger partial charge in [0.2, 0.25) is 5.95 Å². The molecule has 1 aliphatic rings. The molecule has 0 fully saturated rings. The zero-order valence-electron chi connectivity index (χ0n) is 15.6. The Hall–Kier alpha value is -2.90. The van der Waals surface area contributed by atoms with E-state index in [0.29, 0.717) is 23.8 Å². The quantitative estimate of drug-likeness (QED) is 0.841. The van der Waals surface area contributed by atoms with E-state index >= 15 is 0 Å². The Bertz CT molecular complexity index is 833. The Kier molecular flexibility index (Phi) is 4.67. The number of rotatable bonds is 4. The van der Waals surface area contributed by atoms with Gasteiger partial charge in [-0.3, -0.25) is 0 Å². The maximum atomic E-state index is 12.9. The number of nitrogens with zero attached hydrogens (tertiary/aromatic N) is 4. The fourth-order valence-electron chi connectivity index (χ4n) is 2.83. The minimum Gasteiger partial charge on any atom is -0.494 e. The highest BCUT2D eigenvalue weighted by atomic mass is 16.6. The molecular weight excluding hydrogens is 334 g/mol. The van der Waals surface area contributed by atoms with E-state index in [1.165, 1.54) is 0 Å². The molecule has 3 rings (SSSR count). The number of benzene rings is 1. The normalized spacial score (nSPS) is 16.7. The zero-order chi connectivity index (χ0) is 18.9. The molecule has 1 atom stereocenters. The molecule has 8 nitrogen and oxygen atoms in total. The Morgan fingerprint density at radius 2 is 1.96 bits per heavy atom. The van der Waals surface area contributed by atoms with Crippen LogP contribution in [-0.4, -0.2) is 38.4 Å². The maximum absolute atomic E-state index is 12.9. The minimum atomic E-state index is -0.603. The second kappa shape index (κ2) is 6.78. The van der Waals surface area contributed by atoms with Gasteiger partial charge in [-0.15, -0.1) is 0 Å². The molecular formula is C18H23N5O3. The lowest BCUT2D eigenvalue weighted by molar-refractivity contribution is -0.150. The molecule has 2 aromatic rings. The van der Waals surface area contributed by atoms with Gasteiger partial charge < -0.3 is 14.8 Å². The second-order valence-electron chi connectivity index (χ2n) is 7.02. The molecule has 0 spiro atoms. The van der Waals surface area contributed by atoms with Crippen LogP contribution < -0.4 is 10.1 Å². The summed E-state index contributed by atoms with van der Waals surface area (Å²) in [6.07, 6.45) is 0. The van der Waals surface area contributed by atoms with Gasteiger partial charge in [-0.25, -0.2) is 4.79 Å². The van der Waals surface area contributed by atoms with Gasteiger partial charge in [-0.2, -0.15) is 4.68 Å². The van der Waals surface area contributed by atoms with Crippen molar-refractivity contribution >= 4 is 11.9 Å². The Balaban J connectivity index is 2.04. The lowest BCUT2D eigenvalue weighted by atomic mass is 9.95. The predicted molar refractivity (Wildman–Crippen MR) is 95.7 cm³/mol. The van der Waals surface area contributed by atoms with Crippen LogP contribution in [0.2, 0.25) is 0 Å². The van der Waals surface area contributed by atoms with E-state index in [4.69, 9.17) is 9.47 Å². The third-order valence-corrected chi connectivity index (χ3v) is 3.84. The molecule has 0 bridgehead atoms. The van der Waals surface area contributed by atoms with Crippen LogP contribution in [0.3, 0.4) is 0 Å². The molecule has 0 radical (unpaired) electrons. The molecule has 1 N–H and O–H groups in total. The first kappa shape index (κ1) is 17.9. The summed E-state index contributed by atoms with van der Waals surface area (Å²) in [5.41, 5.74) is 1.40. The number of hydrogen-bond acceptors (Lipinski definition) is 7. The molecule has 138 valence electrons. The summed E-state index contributed by atoms with van der Waals surface area (Å²) < 4.78 is 12.7. The highest BCUT2D eigenvalue weighted by molar-refractivity contribution is 5.92. The van der Waals surface area contributed by atoms with Gasteiger partial charge >= 0.3 is 5.97 Å². The van der Waals surface area contributed by atoms with Crippen LogP contribution in [-0.2, 0) is 9.53 Å². The fraction of sp³-hybridized carbons (Fsp3) is 0.444. The van der Waals surface area contributed by atoms with Gasteiger partial charge in [0.05, 0.1) is 12.2 Å². The van der Waals surface area contributed by atoms with Crippen LogP contribution in [0, 0.1) is 0 Å². The van der Waals surface area contributed by atoms with Crippen molar-refractivity contribution in [2.45, 2.75) is 46.3 Å². The number of esters is 1. The first-order valence-electron chi connectivity index (χ1n) is 8.52. The molecule has 0 amide bonds. The van der Waals surface area contributed by atoms with Gasteiger partial charge in [0.1, 0.15) is 17.4 Å². The van der Waals surface area contributed by atoms with E-state index in [9.17, 15) is 4.79 Å². The molecule has 0 unspecified atom stereocenters. The van der Waals surface area contributed by atoms with E-state index in [0.717, 1.165) is 11.3 Å². The number of tetrazole rings is 1. The number of carbonyl (C=O) groups excluding carboxylic acids is 1. The highest BCUT2D eigenvalue weighted by Crippen LogP contribution is 2.36. The predicted octanol–water partition coefficient (Wildman–Crippen LogP) is 2.70. The van der Waals surface area contributed by atoms with Gasteiger partial charge in [-0.05, 0) is 62.7 Å². The van der Waals surface area contributed by atoms with Crippen LogP contribution in [0.5, 0.6) is 5.75 Å². The van der Waals surface area contributed by atoms with Crippen LogP contribution in [0.4, 0.5) is 5.95 Å². The summed E-state index contributed by atoms with van der Waals surface area (Å²) in [6, 6.07) is 7.07. The average molecular weight is 357 g/mol. The van der Waals surface area contributed by atoms with Crippen molar-refractivity contribution in [3.05, 3.63) is 41.1 Å². The zero-order valence-corrected chi connectivity index (χ0v) is 15.6. The summed E-state index contributed by atoms with van der Waals surface area (Å²) in [5, 5.41) is 14.8. The summed E-state index contributed by atoms with van der Waals surface area (Å²) in [5.74, 6) is 0.845. The molecule has 26 heavy (non-hydrogen) atoms. The molecule has 2 heterocycles. The van der Waals surface area contributed by atoms with Crippen LogP contribution >= 0.6 is 0 Å². The Morgan fingerprint density at radius 3 is 2.58 bits per heavy atom. The van der Waals surface area contributed by atoms with Crippen molar-refractivity contribution in [1.82, 2.24) is 20.2 Å². The Morgan fingerprint density at radius 1 is 1.27 bits per heavy atom. The van der Waals surface area contributed by atoms with Crippen LogP contribution in [0.15, 0.2) is 35.5 Å². The largest absolute Gasteiger partial charge is 0.494 e. The molecule has 1 aromatic carbocycles. The summed E-state index contributed by atoms with van der Waals surface area (Å²) in [6.45, 7) is 9.86. The third kappa shape index (κ3) is 3.54. The summed E-state index contributed by atoms with van der Waals surface area (Å²) in [4.78, 5) is 12.9. The van der Waals surface area contributed by atoms with Gasteiger partial charge in [0.25, 0.3) is 0 Å². The van der Waals surface area contributed by atoms with Crippen LogP contribution in [0.1, 0.15) is 46.2 Å². The number of nitrogens with one attached hydrogen (secondary N) is 1. The second-order valence-corrected chi connectivity index (χ2v) is 7.02. The van der Waals surface area contributed by atoms with Crippen molar-refractivity contribution in [2.24, 2.45) is 0 Å². The Labute approximate surface area is 152 Å². The van der Waals surface area contributed by atoms with Crippen molar-refractivity contribution in [2.75, 3.05) is 11.9 Å². The lowest BCUT2D eigenvalue weighted by Crippen LogP contribution is -2.33. The number of fused-ring (bicyclic) bond motifs is 1. The molecule has 0 aliphatic carbocycles. The number of hydrogen-bond donors (Lipinski definition) is 1. The molecule has 0 saturated heterocycles. The van der Waals surface area contributed by atoms with Crippen molar-refractivity contribution in [1.29, 1.82) is 0 Å². The van der Waals surface area contributed by atoms with Gasteiger partial charge in [-0.1, -0.05) is 17.2 Å². The standard InChI is InChI=1S/C18H23N5O3/c1-6-25-13-9-7-12(8-10-13)15-14(16(24)26-18(3,4)5)11(2)19-17-20-21-22-23(15)17/h7-10,15H,6H2,1-5H3,(H,19,20,22)/t15-/m0/s1. The first-order chi connectivity index (χ1) is 12.3. The van der Waals surface area contributed by atoms with E-state index in [1.54, 1.807) is 4.68 Å². The number of aromatic nitrogens is 4. The summed E-state index contributed by atoms with van der Waals surface area (Å²) >= 11 is 0.